The van der Waals surface area contributed by atoms with Crippen LogP contribution in [0.25, 0.3) is 0 Å². The van der Waals surface area contributed by atoms with E-state index in [1.165, 1.54) is 0 Å². The number of hydrogen-bond acceptors (Lipinski definition) is 6. The summed E-state index contributed by atoms with van der Waals surface area (Å²) in [5.74, 6) is 3.41. The largest absolute Gasteiger partial charge is 0.497 e. The van der Waals surface area contributed by atoms with Crippen molar-refractivity contribution in [3.05, 3.63) is 41.8 Å². The summed E-state index contributed by atoms with van der Waals surface area (Å²) in [7, 11) is 3.48. The molecule has 1 saturated heterocycles. The first-order valence-electron chi connectivity index (χ1n) is 9.98. The van der Waals surface area contributed by atoms with Crippen molar-refractivity contribution in [3.8, 4) is 11.5 Å². The van der Waals surface area contributed by atoms with Gasteiger partial charge in [0.2, 0.25) is 0 Å². The number of rotatable bonds is 7. The highest BCUT2D eigenvalue weighted by atomic mass is 127. The molecule has 1 atom stereocenters. The van der Waals surface area contributed by atoms with Crippen molar-refractivity contribution in [3.63, 3.8) is 0 Å². The highest BCUT2D eigenvalue weighted by Crippen LogP contribution is 2.18. The summed E-state index contributed by atoms with van der Waals surface area (Å²) in [4.78, 5) is 9.11. The average Bonchev–Trinajstić information content (AvgIpc) is 3.14. The van der Waals surface area contributed by atoms with Gasteiger partial charge in [-0.15, -0.1) is 24.0 Å². The molecule has 166 valence electrons. The molecule has 3 rings (SSSR count). The van der Waals surface area contributed by atoms with Gasteiger partial charge in [-0.25, -0.2) is 0 Å². The molecule has 30 heavy (non-hydrogen) atoms. The second-order valence-electron chi connectivity index (χ2n) is 7.22. The summed E-state index contributed by atoms with van der Waals surface area (Å²) >= 11 is 0. The molecular formula is C21H32IN5O3. The zero-order valence-electron chi connectivity index (χ0n) is 18.1. The monoisotopic (exact) mass is 529 g/mol. The summed E-state index contributed by atoms with van der Waals surface area (Å²) in [6.07, 6.45) is 0.0110. The molecule has 1 fully saturated rings. The van der Waals surface area contributed by atoms with E-state index in [1.54, 1.807) is 7.11 Å². The van der Waals surface area contributed by atoms with Crippen LogP contribution in [0, 0.1) is 6.92 Å². The zero-order valence-corrected chi connectivity index (χ0v) is 20.5. The third-order valence-corrected chi connectivity index (χ3v) is 4.89. The van der Waals surface area contributed by atoms with Gasteiger partial charge in [0, 0.05) is 45.8 Å². The van der Waals surface area contributed by atoms with E-state index in [4.69, 9.17) is 14.0 Å². The molecule has 2 aromatic rings. The number of methoxy groups -OCH3 is 1. The lowest BCUT2D eigenvalue weighted by molar-refractivity contribution is 0.167. The van der Waals surface area contributed by atoms with Crippen LogP contribution in [0.15, 0.2) is 39.8 Å². The van der Waals surface area contributed by atoms with Crippen molar-refractivity contribution < 1.29 is 14.0 Å². The molecule has 1 unspecified atom stereocenters. The summed E-state index contributed by atoms with van der Waals surface area (Å²) in [6.45, 7) is 9.23. The number of benzene rings is 1. The van der Waals surface area contributed by atoms with E-state index in [-0.39, 0.29) is 30.1 Å². The fourth-order valence-corrected chi connectivity index (χ4v) is 3.33. The molecule has 0 spiro atoms. The van der Waals surface area contributed by atoms with E-state index in [0.29, 0.717) is 6.54 Å². The van der Waals surface area contributed by atoms with Crippen molar-refractivity contribution in [2.24, 2.45) is 4.99 Å². The lowest BCUT2D eigenvalue weighted by atomic mass is 10.3. The molecule has 0 saturated carbocycles. The predicted molar refractivity (Wildman–Crippen MR) is 128 cm³/mol. The maximum absolute atomic E-state index is 5.97. The first kappa shape index (κ1) is 24.3. The van der Waals surface area contributed by atoms with Crippen molar-refractivity contribution in [2.75, 3.05) is 46.9 Å². The molecule has 1 aromatic carbocycles. The maximum atomic E-state index is 5.97. The van der Waals surface area contributed by atoms with E-state index in [1.807, 2.05) is 51.2 Å². The number of piperazine rings is 1. The van der Waals surface area contributed by atoms with E-state index in [0.717, 1.165) is 61.6 Å². The minimum Gasteiger partial charge on any atom is -0.497 e. The number of aryl methyl sites for hydroxylation is 1. The molecule has 0 amide bonds. The maximum Gasteiger partial charge on any atom is 0.193 e. The number of aromatic nitrogens is 1. The number of ether oxygens (including phenoxy) is 2. The van der Waals surface area contributed by atoms with Crippen molar-refractivity contribution >= 4 is 29.9 Å². The molecule has 1 N–H and O–H groups in total. The quantitative estimate of drug-likeness (QED) is 0.336. The lowest BCUT2D eigenvalue weighted by Gasteiger charge is -2.36. The molecule has 1 aromatic heterocycles. The first-order chi connectivity index (χ1) is 14.1. The molecule has 1 aliphatic heterocycles. The summed E-state index contributed by atoms with van der Waals surface area (Å²) < 4.78 is 16.3. The second-order valence-corrected chi connectivity index (χ2v) is 7.22. The van der Waals surface area contributed by atoms with Gasteiger partial charge in [-0.05, 0) is 38.1 Å². The second kappa shape index (κ2) is 12.0. The van der Waals surface area contributed by atoms with Crippen LogP contribution in [0.4, 0.5) is 0 Å². The van der Waals surface area contributed by atoms with Crippen LogP contribution in [0.3, 0.4) is 0 Å². The Morgan fingerprint density at radius 3 is 2.43 bits per heavy atom. The molecule has 0 bridgehead atoms. The number of hydrogen-bond donors (Lipinski definition) is 1. The first-order valence-corrected chi connectivity index (χ1v) is 9.98. The number of guanidine groups is 1. The standard InChI is InChI=1S/C21H31N5O3.HI/c1-16-13-18(24-29-16)15-25-9-11-26(12-10-25)21(22-3)23-14-17(2)28-20-7-5-19(27-4)6-8-20;/h5-8,13,17H,9-12,14-15H2,1-4H3,(H,22,23);1H. The van der Waals surface area contributed by atoms with Gasteiger partial charge in [0.25, 0.3) is 0 Å². The molecule has 9 heteroatoms. The van der Waals surface area contributed by atoms with Crippen LogP contribution in [-0.2, 0) is 6.54 Å². The Hall–Kier alpha value is -2.01. The highest BCUT2D eigenvalue weighted by molar-refractivity contribution is 14.0. The number of aliphatic imine (C=N–C) groups is 1. The summed E-state index contributed by atoms with van der Waals surface area (Å²) in [5.41, 5.74) is 0.989. The van der Waals surface area contributed by atoms with Crippen molar-refractivity contribution in [2.45, 2.75) is 26.5 Å². The third kappa shape index (κ3) is 7.05. The lowest BCUT2D eigenvalue weighted by Crippen LogP contribution is -2.53. The van der Waals surface area contributed by atoms with Crippen LogP contribution in [0.2, 0.25) is 0 Å². The van der Waals surface area contributed by atoms with E-state index in [9.17, 15) is 0 Å². The SMILES string of the molecule is CN=C(NCC(C)Oc1ccc(OC)cc1)N1CCN(Cc2cc(C)on2)CC1.I. The van der Waals surface area contributed by atoms with Gasteiger partial charge in [-0.1, -0.05) is 5.16 Å². The molecule has 2 heterocycles. The van der Waals surface area contributed by atoms with Crippen LogP contribution >= 0.6 is 24.0 Å². The highest BCUT2D eigenvalue weighted by Gasteiger charge is 2.21. The van der Waals surface area contributed by atoms with Crippen molar-refractivity contribution in [1.82, 2.24) is 20.3 Å². The third-order valence-electron chi connectivity index (χ3n) is 4.89. The molecule has 1 aliphatic rings. The Morgan fingerprint density at radius 1 is 1.20 bits per heavy atom. The molecule has 8 nitrogen and oxygen atoms in total. The van der Waals surface area contributed by atoms with Crippen LogP contribution in [0.1, 0.15) is 18.4 Å². The van der Waals surface area contributed by atoms with Crippen LogP contribution in [-0.4, -0.2) is 73.9 Å². The van der Waals surface area contributed by atoms with Gasteiger partial charge in [-0.2, -0.15) is 0 Å². The Balaban J connectivity index is 0.00000320. The fraction of sp³-hybridized carbons (Fsp3) is 0.524. The van der Waals surface area contributed by atoms with Crippen LogP contribution in [0.5, 0.6) is 11.5 Å². The normalized spacial score (nSPS) is 16.0. The van der Waals surface area contributed by atoms with Gasteiger partial charge in [0.1, 0.15) is 23.4 Å². The Bertz CT molecular complexity index is 788. The topological polar surface area (TPSA) is 75.4 Å². The molecular weight excluding hydrogens is 497 g/mol. The number of nitrogens with zero attached hydrogens (tertiary/aromatic N) is 4. The predicted octanol–water partition coefficient (Wildman–Crippen LogP) is 2.77. The van der Waals surface area contributed by atoms with Gasteiger partial charge >= 0.3 is 0 Å². The van der Waals surface area contributed by atoms with Gasteiger partial charge < -0.3 is 24.2 Å². The van der Waals surface area contributed by atoms with Gasteiger partial charge in [-0.3, -0.25) is 9.89 Å². The van der Waals surface area contributed by atoms with E-state index >= 15 is 0 Å². The molecule has 0 radical (unpaired) electrons. The Morgan fingerprint density at radius 2 is 1.87 bits per heavy atom. The number of nitrogens with one attached hydrogen (secondary N) is 1. The average molecular weight is 529 g/mol. The van der Waals surface area contributed by atoms with Gasteiger partial charge in [0.15, 0.2) is 5.96 Å². The summed E-state index contributed by atoms with van der Waals surface area (Å²) in [6, 6.07) is 9.62. The smallest absolute Gasteiger partial charge is 0.193 e. The Labute approximate surface area is 195 Å². The minimum atomic E-state index is 0. The zero-order chi connectivity index (χ0) is 20.6. The van der Waals surface area contributed by atoms with Crippen molar-refractivity contribution in [1.29, 1.82) is 0 Å². The van der Waals surface area contributed by atoms with Crippen LogP contribution < -0.4 is 14.8 Å². The van der Waals surface area contributed by atoms with E-state index in [2.05, 4.69) is 25.3 Å². The number of halogens is 1. The van der Waals surface area contributed by atoms with E-state index < -0.39 is 0 Å². The Kier molecular flexibility index (Phi) is 9.70. The van der Waals surface area contributed by atoms with Gasteiger partial charge in [0.05, 0.1) is 19.3 Å². The minimum absolute atomic E-state index is 0. The molecule has 0 aliphatic carbocycles. The summed E-state index contributed by atoms with van der Waals surface area (Å²) in [5, 5.41) is 7.52. The fourth-order valence-electron chi connectivity index (χ4n) is 3.33.